The molecule has 0 bridgehead atoms. The van der Waals surface area contributed by atoms with Crippen LogP contribution >= 0.6 is 0 Å². The maximum Gasteiger partial charge on any atom is 0.255 e. The Morgan fingerprint density at radius 1 is 1.17 bits per heavy atom. The third kappa shape index (κ3) is 4.42. The van der Waals surface area contributed by atoms with Crippen LogP contribution in [0.4, 0.5) is 15.8 Å². The van der Waals surface area contributed by atoms with Gasteiger partial charge in [0.2, 0.25) is 10.0 Å². The molecule has 0 aliphatic rings. The summed E-state index contributed by atoms with van der Waals surface area (Å²) in [6.45, 7) is 3.68. The van der Waals surface area contributed by atoms with Crippen LogP contribution in [0.5, 0.6) is 0 Å². The van der Waals surface area contributed by atoms with Crippen LogP contribution < -0.4 is 9.62 Å². The summed E-state index contributed by atoms with van der Waals surface area (Å²) in [5.74, 6) is -0.761. The van der Waals surface area contributed by atoms with Gasteiger partial charge in [-0.2, -0.15) is 0 Å². The molecule has 0 aromatic heterocycles. The van der Waals surface area contributed by atoms with Gasteiger partial charge in [-0.15, -0.1) is 6.58 Å². The van der Waals surface area contributed by atoms with Crippen molar-refractivity contribution >= 4 is 27.3 Å². The second-order valence-electron chi connectivity index (χ2n) is 5.09. The van der Waals surface area contributed by atoms with Crippen molar-refractivity contribution in [3.8, 4) is 0 Å². The van der Waals surface area contributed by atoms with Crippen molar-refractivity contribution in [1.29, 1.82) is 0 Å². The fourth-order valence-corrected chi connectivity index (χ4v) is 2.95. The van der Waals surface area contributed by atoms with E-state index in [2.05, 4.69) is 11.9 Å². The standard InChI is InChI=1S/C17H17FN2O3S/c1-3-12-20(24(2,22)23)16-10-4-13(5-11-16)17(21)19-15-8-6-14(18)7-9-15/h3-11H,1,12H2,2H3,(H,19,21). The van der Waals surface area contributed by atoms with Gasteiger partial charge in [0.1, 0.15) is 5.82 Å². The van der Waals surface area contributed by atoms with E-state index in [0.717, 1.165) is 6.26 Å². The number of halogens is 1. The van der Waals surface area contributed by atoms with E-state index in [0.29, 0.717) is 16.9 Å². The summed E-state index contributed by atoms with van der Waals surface area (Å²) in [6, 6.07) is 11.5. The minimum absolute atomic E-state index is 0.139. The van der Waals surface area contributed by atoms with E-state index in [-0.39, 0.29) is 18.3 Å². The maximum atomic E-state index is 12.9. The summed E-state index contributed by atoms with van der Waals surface area (Å²) in [7, 11) is -3.44. The fraction of sp³-hybridized carbons (Fsp3) is 0.118. The number of nitrogens with one attached hydrogen (secondary N) is 1. The molecule has 0 saturated heterocycles. The Morgan fingerprint density at radius 2 is 1.75 bits per heavy atom. The summed E-state index contributed by atoms with van der Waals surface area (Å²) in [5.41, 5.74) is 1.26. The SMILES string of the molecule is C=CCN(c1ccc(C(=O)Nc2ccc(F)cc2)cc1)S(C)(=O)=O. The summed E-state index contributed by atoms with van der Waals surface area (Å²) in [5, 5.41) is 2.64. The molecule has 5 nitrogen and oxygen atoms in total. The van der Waals surface area contributed by atoms with Gasteiger partial charge in [0, 0.05) is 11.3 Å². The molecule has 2 aromatic rings. The molecule has 126 valence electrons. The van der Waals surface area contributed by atoms with Gasteiger partial charge in [0.25, 0.3) is 5.91 Å². The van der Waals surface area contributed by atoms with Crippen molar-refractivity contribution in [3.05, 3.63) is 72.6 Å². The Hall–Kier alpha value is -2.67. The van der Waals surface area contributed by atoms with Crippen LogP contribution in [0.3, 0.4) is 0 Å². The molecule has 0 aliphatic carbocycles. The molecule has 2 rings (SSSR count). The summed E-state index contributed by atoms with van der Waals surface area (Å²) >= 11 is 0. The molecule has 0 radical (unpaired) electrons. The number of sulfonamides is 1. The number of amides is 1. The number of benzene rings is 2. The Kier molecular flexibility index (Phi) is 5.35. The number of hydrogen-bond acceptors (Lipinski definition) is 3. The molecule has 0 atom stereocenters. The number of carbonyl (C=O) groups excluding carboxylic acids is 1. The minimum atomic E-state index is -3.44. The monoisotopic (exact) mass is 348 g/mol. The fourth-order valence-electron chi connectivity index (χ4n) is 2.07. The second-order valence-corrected chi connectivity index (χ2v) is 7.00. The van der Waals surface area contributed by atoms with Crippen molar-refractivity contribution in [1.82, 2.24) is 0 Å². The van der Waals surface area contributed by atoms with Gasteiger partial charge < -0.3 is 5.32 Å². The van der Waals surface area contributed by atoms with Crippen molar-refractivity contribution < 1.29 is 17.6 Å². The molecule has 1 N–H and O–H groups in total. The molecule has 2 aromatic carbocycles. The third-order valence-corrected chi connectivity index (χ3v) is 4.38. The van der Waals surface area contributed by atoms with Gasteiger partial charge >= 0.3 is 0 Å². The smallest absolute Gasteiger partial charge is 0.255 e. The molecule has 0 fully saturated rings. The first kappa shape index (κ1) is 17.7. The zero-order chi connectivity index (χ0) is 17.7. The molecule has 1 amide bonds. The topological polar surface area (TPSA) is 66.5 Å². The number of nitrogens with zero attached hydrogens (tertiary/aromatic N) is 1. The molecular weight excluding hydrogens is 331 g/mol. The highest BCUT2D eigenvalue weighted by Gasteiger charge is 2.16. The van der Waals surface area contributed by atoms with Crippen molar-refractivity contribution in [3.63, 3.8) is 0 Å². The molecule has 24 heavy (non-hydrogen) atoms. The Morgan fingerprint density at radius 3 is 2.25 bits per heavy atom. The molecule has 0 heterocycles. The van der Waals surface area contributed by atoms with Crippen molar-refractivity contribution in [2.24, 2.45) is 0 Å². The van der Waals surface area contributed by atoms with Crippen molar-refractivity contribution in [2.75, 3.05) is 22.4 Å². The van der Waals surface area contributed by atoms with E-state index in [4.69, 9.17) is 0 Å². The molecule has 0 saturated carbocycles. The van der Waals surface area contributed by atoms with Gasteiger partial charge in [-0.3, -0.25) is 9.10 Å². The van der Waals surface area contributed by atoms with Crippen molar-refractivity contribution in [2.45, 2.75) is 0 Å². The average molecular weight is 348 g/mol. The van der Waals surface area contributed by atoms with Crippen LogP contribution in [-0.2, 0) is 10.0 Å². The van der Waals surface area contributed by atoms with E-state index in [1.165, 1.54) is 46.8 Å². The highest BCUT2D eigenvalue weighted by Crippen LogP contribution is 2.19. The first-order valence-electron chi connectivity index (χ1n) is 7.07. The number of hydrogen-bond donors (Lipinski definition) is 1. The van der Waals surface area contributed by atoms with Crippen LogP contribution in [0.15, 0.2) is 61.2 Å². The van der Waals surface area contributed by atoms with Gasteiger partial charge in [-0.05, 0) is 48.5 Å². The lowest BCUT2D eigenvalue weighted by atomic mass is 10.2. The van der Waals surface area contributed by atoms with Crippen LogP contribution in [0, 0.1) is 5.82 Å². The average Bonchev–Trinajstić information content (AvgIpc) is 2.54. The normalized spacial score (nSPS) is 10.9. The van der Waals surface area contributed by atoms with Crippen LogP contribution in [0.25, 0.3) is 0 Å². The number of anilines is 2. The van der Waals surface area contributed by atoms with E-state index < -0.39 is 10.0 Å². The Bertz CT molecular complexity index is 831. The predicted octanol–water partition coefficient (Wildman–Crippen LogP) is 3.03. The summed E-state index contributed by atoms with van der Waals surface area (Å²) in [4.78, 5) is 12.1. The quantitative estimate of drug-likeness (QED) is 0.816. The lowest BCUT2D eigenvalue weighted by molar-refractivity contribution is 0.102. The zero-order valence-electron chi connectivity index (χ0n) is 13.1. The van der Waals surface area contributed by atoms with Crippen LogP contribution in [0.2, 0.25) is 0 Å². The molecule has 0 unspecified atom stereocenters. The maximum absolute atomic E-state index is 12.9. The first-order chi connectivity index (χ1) is 11.3. The third-order valence-electron chi connectivity index (χ3n) is 3.21. The van der Waals surface area contributed by atoms with E-state index in [1.54, 1.807) is 12.1 Å². The van der Waals surface area contributed by atoms with Gasteiger partial charge in [-0.25, -0.2) is 12.8 Å². The lowest BCUT2D eigenvalue weighted by Crippen LogP contribution is -2.29. The lowest BCUT2D eigenvalue weighted by Gasteiger charge is -2.20. The first-order valence-corrected chi connectivity index (χ1v) is 8.91. The van der Waals surface area contributed by atoms with Gasteiger partial charge in [-0.1, -0.05) is 6.08 Å². The largest absolute Gasteiger partial charge is 0.322 e. The molecular formula is C17H17FN2O3S. The second kappa shape index (κ2) is 7.27. The van der Waals surface area contributed by atoms with E-state index >= 15 is 0 Å². The summed E-state index contributed by atoms with van der Waals surface area (Å²) in [6.07, 6.45) is 2.59. The van der Waals surface area contributed by atoms with Gasteiger partial charge in [0.05, 0.1) is 18.5 Å². The predicted molar refractivity (Wildman–Crippen MR) is 93.2 cm³/mol. The van der Waals surface area contributed by atoms with Crippen LogP contribution in [-0.4, -0.2) is 27.1 Å². The highest BCUT2D eigenvalue weighted by molar-refractivity contribution is 7.92. The zero-order valence-corrected chi connectivity index (χ0v) is 13.9. The van der Waals surface area contributed by atoms with Gasteiger partial charge in [0.15, 0.2) is 0 Å². The summed E-state index contributed by atoms with van der Waals surface area (Å²) < 4.78 is 37.6. The molecule has 0 spiro atoms. The number of carbonyl (C=O) groups is 1. The Labute approximate surface area is 140 Å². The molecule has 0 aliphatic heterocycles. The Balaban J connectivity index is 2.17. The van der Waals surface area contributed by atoms with E-state index in [9.17, 15) is 17.6 Å². The molecule has 7 heteroatoms. The van der Waals surface area contributed by atoms with Crippen LogP contribution in [0.1, 0.15) is 10.4 Å². The van der Waals surface area contributed by atoms with E-state index in [1.807, 2.05) is 0 Å². The highest BCUT2D eigenvalue weighted by atomic mass is 32.2. The minimum Gasteiger partial charge on any atom is -0.322 e. The number of rotatable bonds is 6.